The standard InChI is InChI=1S/C15H32N2O/c1-3-5-13-6-9-15(12-16,10-7-13)17-14(4-2)8-11-18/h13-14,17-18H,3-12,16H2,1-2H3. The number of aliphatic hydroxyl groups excluding tert-OH is 1. The second-order valence-electron chi connectivity index (χ2n) is 5.98. The minimum Gasteiger partial charge on any atom is -0.396 e. The van der Waals surface area contributed by atoms with Crippen LogP contribution in [0.25, 0.3) is 0 Å². The molecule has 0 aromatic rings. The molecule has 1 saturated carbocycles. The Morgan fingerprint density at radius 2 is 2.00 bits per heavy atom. The molecule has 108 valence electrons. The van der Waals surface area contributed by atoms with Gasteiger partial charge in [0.05, 0.1) is 0 Å². The maximum atomic E-state index is 9.09. The molecule has 0 aromatic heterocycles. The zero-order valence-electron chi connectivity index (χ0n) is 12.3. The second kappa shape index (κ2) is 8.13. The predicted octanol–water partition coefficient (Wildman–Crippen LogP) is 2.42. The fourth-order valence-electron chi connectivity index (χ4n) is 3.30. The molecule has 0 saturated heterocycles. The molecule has 3 heteroatoms. The molecule has 0 aromatic carbocycles. The van der Waals surface area contributed by atoms with E-state index in [1.54, 1.807) is 0 Å². The van der Waals surface area contributed by atoms with Crippen molar-refractivity contribution in [3.63, 3.8) is 0 Å². The van der Waals surface area contributed by atoms with Crippen molar-refractivity contribution in [1.82, 2.24) is 5.32 Å². The second-order valence-corrected chi connectivity index (χ2v) is 5.98. The highest BCUT2D eigenvalue weighted by atomic mass is 16.3. The summed E-state index contributed by atoms with van der Waals surface area (Å²) in [6.45, 7) is 5.45. The van der Waals surface area contributed by atoms with Gasteiger partial charge < -0.3 is 16.2 Å². The summed E-state index contributed by atoms with van der Waals surface area (Å²) in [4.78, 5) is 0. The summed E-state index contributed by atoms with van der Waals surface area (Å²) in [5.74, 6) is 0.911. The van der Waals surface area contributed by atoms with E-state index < -0.39 is 0 Å². The molecule has 1 fully saturated rings. The van der Waals surface area contributed by atoms with Crippen molar-refractivity contribution in [1.29, 1.82) is 0 Å². The average Bonchev–Trinajstić information content (AvgIpc) is 2.41. The van der Waals surface area contributed by atoms with Crippen LogP contribution in [0.3, 0.4) is 0 Å². The van der Waals surface area contributed by atoms with Crippen molar-refractivity contribution in [3.8, 4) is 0 Å². The van der Waals surface area contributed by atoms with E-state index in [0.29, 0.717) is 6.04 Å². The Morgan fingerprint density at radius 3 is 2.44 bits per heavy atom. The van der Waals surface area contributed by atoms with Crippen molar-refractivity contribution in [3.05, 3.63) is 0 Å². The Kier molecular flexibility index (Phi) is 7.20. The quantitative estimate of drug-likeness (QED) is 0.625. The van der Waals surface area contributed by atoms with Gasteiger partial charge in [0.1, 0.15) is 0 Å². The Labute approximate surface area is 113 Å². The van der Waals surface area contributed by atoms with E-state index in [9.17, 15) is 0 Å². The Hall–Kier alpha value is -0.120. The summed E-state index contributed by atoms with van der Waals surface area (Å²) < 4.78 is 0. The van der Waals surface area contributed by atoms with Crippen LogP contribution >= 0.6 is 0 Å². The van der Waals surface area contributed by atoms with Crippen LogP contribution in [0.15, 0.2) is 0 Å². The Bertz CT molecular complexity index is 213. The lowest BCUT2D eigenvalue weighted by molar-refractivity contribution is 0.157. The largest absolute Gasteiger partial charge is 0.396 e. The molecule has 1 aliphatic carbocycles. The highest BCUT2D eigenvalue weighted by Crippen LogP contribution is 2.34. The van der Waals surface area contributed by atoms with Gasteiger partial charge in [0.15, 0.2) is 0 Å². The first-order chi connectivity index (χ1) is 8.69. The number of aliphatic hydroxyl groups is 1. The highest BCUT2D eigenvalue weighted by molar-refractivity contribution is 4.95. The fourth-order valence-corrected chi connectivity index (χ4v) is 3.30. The van der Waals surface area contributed by atoms with Crippen LogP contribution in [-0.4, -0.2) is 29.8 Å². The minimum atomic E-state index is 0.139. The molecule has 0 radical (unpaired) electrons. The van der Waals surface area contributed by atoms with E-state index in [-0.39, 0.29) is 12.1 Å². The minimum absolute atomic E-state index is 0.139. The van der Waals surface area contributed by atoms with Gasteiger partial charge in [0.25, 0.3) is 0 Å². The SMILES string of the molecule is CCCC1CCC(CN)(NC(CC)CCO)CC1. The van der Waals surface area contributed by atoms with Crippen LogP contribution in [0, 0.1) is 5.92 Å². The summed E-state index contributed by atoms with van der Waals surface area (Å²) in [6.07, 6.45) is 9.62. The Morgan fingerprint density at radius 1 is 1.33 bits per heavy atom. The van der Waals surface area contributed by atoms with Crippen LogP contribution in [0.1, 0.15) is 65.2 Å². The van der Waals surface area contributed by atoms with Gasteiger partial charge in [0, 0.05) is 24.7 Å². The lowest BCUT2D eigenvalue weighted by Crippen LogP contribution is -2.57. The molecule has 3 nitrogen and oxygen atoms in total. The zero-order chi connectivity index (χ0) is 13.4. The summed E-state index contributed by atoms with van der Waals surface area (Å²) in [5, 5.41) is 12.8. The topological polar surface area (TPSA) is 58.3 Å². The fraction of sp³-hybridized carbons (Fsp3) is 1.00. The number of nitrogens with one attached hydrogen (secondary N) is 1. The molecule has 0 aliphatic heterocycles. The molecule has 1 rings (SSSR count). The van der Waals surface area contributed by atoms with Crippen molar-refractivity contribution in [2.75, 3.05) is 13.2 Å². The van der Waals surface area contributed by atoms with Crippen molar-refractivity contribution in [2.45, 2.75) is 76.8 Å². The third kappa shape index (κ3) is 4.52. The van der Waals surface area contributed by atoms with Gasteiger partial charge >= 0.3 is 0 Å². The smallest absolute Gasteiger partial charge is 0.0445 e. The van der Waals surface area contributed by atoms with Gasteiger partial charge in [-0.2, -0.15) is 0 Å². The molecule has 0 spiro atoms. The van der Waals surface area contributed by atoms with Crippen LogP contribution < -0.4 is 11.1 Å². The lowest BCUT2D eigenvalue weighted by atomic mass is 9.74. The van der Waals surface area contributed by atoms with E-state index in [1.807, 2.05) is 0 Å². The van der Waals surface area contributed by atoms with Crippen LogP contribution in [0.4, 0.5) is 0 Å². The molecular formula is C15H32N2O. The molecule has 1 aliphatic rings. The summed E-state index contributed by atoms with van der Waals surface area (Å²) in [7, 11) is 0. The van der Waals surface area contributed by atoms with Crippen molar-refractivity contribution in [2.24, 2.45) is 11.7 Å². The number of rotatable bonds is 8. The Balaban J connectivity index is 2.49. The first-order valence-electron chi connectivity index (χ1n) is 7.78. The third-order valence-corrected chi connectivity index (χ3v) is 4.63. The zero-order valence-corrected chi connectivity index (χ0v) is 12.3. The van der Waals surface area contributed by atoms with E-state index >= 15 is 0 Å². The highest BCUT2D eigenvalue weighted by Gasteiger charge is 2.34. The normalized spacial score (nSPS) is 30.3. The van der Waals surface area contributed by atoms with Crippen molar-refractivity contribution >= 4 is 0 Å². The van der Waals surface area contributed by atoms with Gasteiger partial charge in [-0.15, -0.1) is 0 Å². The predicted molar refractivity (Wildman–Crippen MR) is 77.6 cm³/mol. The van der Waals surface area contributed by atoms with E-state index in [0.717, 1.165) is 25.3 Å². The van der Waals surface area contributed by atoms with Gasteiger partial charge in [-0.25, -0.2) is 0 Å². The molecule has 18 heavy (non-hydrogen) atoms. The molecule has 4 N–H and O–H groups in total. The van der Waals surface area contributed by atoms with E-state index in [4.69, 9.17) is 10.8 Å². The van der Waals surface area contributed by atoms with E-state index in [1.165, 1.54) is 38.5 Å². The molecule has 1 atom stereocenters. The lowest BCUT2D eigenvalue weighted by Gasteiger charge is -2.42. The van der Waals surface area contributed by atoms with Crippen LogP contribution in [0.5, 0.6) is 0 Å². The van der Waals surface area contributed by atoms with Gasteiger partial charge in [0.2, 0.25) is 0 Å². The number of hydrogen-bond donors (Lipinski definition) is 3. The van der Waals surface area contributed by atoms with Gasteiger partial charge in [-0.3, -0.25) is 0 Å². The summed E-state index contributed by atoms with van der Waals surface area (Å²) in [6, 6.07) is 0.418. The number of nitrogens with two attached hydrogens (primary N) is 1. The first-order valence-corrected chi connectivity index (χ1v) is 7.78. The molecule has 0 bridgehead atoms. The summed E-state index contributed by atoms with van der Waals surface area (Å²) in [5.41, 5.74) is 6.17. The van der Waals surface area contributed by atoms with Crippen molar-refractivity contribution < 1.29 is 5.11 Å². The van der Waals surface area contributed by atoms with Crippen LogP contribution in [0.2, 0.25) is 0 Å². The maximum Gasteiger partial charge on any atom is 0.0445 e. The summed E-state index contributed by atoms with van der Waals surface area (Å²) >= 11 is 0. The van der Waals surface area contributed by atoms with Gasteiger partial charge in [-0.05, 0) is 44.4 Å². The monoisotopic (exact) mass is 256 g/mol. The number of hydrogen-bond acceptors (Lipinski definition) is 3. The van der Waals surface area contributed by atoms with E-state index in [2.05, 4.69) is 19.2 Å². The third-order valence-electron chi connectivity index (χ3n) is 4.63. The maximum absolute atomic E-state index is 9.09. The first kappa shape index (κ1) is 15.9. The van der Waals surface area contributed by atoms with Gasteiger partial charge in [-0.1, -0.05) is 26.7 Å². The molecule has 1 unspecified atom stereocenters. The van der Waals surface area contributed by atoms with Crippen LogP contribution in [-0.2, 0) is 0 Å². The average molecular weight is 256 g/mol. The molecule has 0 amide bonds. The molecular weight excluding hydrogens is 224 g/mol. The molecule has 0 heterocycles.